The second-order valence-electron chi connectivity index (χ2n) is 6.06. The Morgan fingerprint density at radius 3 is 2.64 bits per heavy atom. The second-order valence-corrected chi connectivity index (χ2v) is 6.06. The molecule has 4 heteroatoms. The van der Waals surface area contributed by atoms with E-state index in [1.807, 2.05) is 19.1 Å². The Morgan fingerprint density at radius 1 is 1.28 bits per heavy atom. The standard InChI is InChI=1S/C21H20O4/c1-13(2)4-9-17-19(24-3)11-10-16-18(23)12-20(25-21(16)17)14-5-7-15(22)8-6-14/h4-11,20,22H,1,12H2,2-3H3. The number of rotatable bonds is 4. The molecule has 0 fully saturated rings. The minimum Gasteiger partial charge on any atom is -0.508 e. The number of phenols is 1. The van der Waals surface area contributed by atoms with Gasteiger partial charge in [-0.3, -0.25) is 4.79 Å². The summed E-state index contributed by atoms with van der Waals surface area (Å²) >= 11 is 0. The summed E-state index contributed by atoms with van der Waals surface area (Å²) in [5, 5.41) is 9.46. The Labute approximate surface area is 147 Å². The number of hydrogen-bond acceptors (Lipinski definition) is 4. The number of Topliss-reactive ketones (excluding diaryl/α,β-unsaturated/α-hetero) is 1. The highest BCUT2D eigenvalue weighted by Gasteiger charge is 2.30. The monoisotopic (exact) mass is 336 g/mol. The van der Waals surface area contributed by atoms with Crippen molar-refractivity contribution in [3.63, 3.8) is 0 Å². The maximum Gasteiger partial charge on any atom is 0.170 e. The first-order valence-electron chi connectivity index (χ1n) is 8.03. The van der Waals surface area contributed by atoms with E-state index < -0.39 is 6.10 Å². The number of fused-ring (bicyclic) bond motifs is 1. The van der Waals surface area contributed by atoms with Gasteiger partial charge in [-0.1, -0.05) is 30.4 Å². The molecule has 0 bridgehead atoms. The van der Waals surface area contributed by atoms with E-state index in [0.29, 0.717) is 17.1 Å². The van der Waals surface area contributed by atoms with E-state index in [0.717, 1.165) is 16.7 Å². The zero-order valence-corrected chi connectivity index (χ0v) is 14.3. The van der Waals surface area contributed by atoms with Crippen molar-refractivity contribution in [2.75, 3.05) is 7.11 Å². The summed E-state index contributed by atoms with van der Waals surface area (Å²) < 4.78 is 11.6. The SMILES string of the molecule is C=C(C)C=Cc1c(OC)ccc2c1OC(c1ccc(O)cc1)CC2=O. The van der Waals surface area contributed by atoms with Gasteiger partial charge in [-0.25, -0.2) is 0 Å². The van der Waals surface area contributed by atoms with Gasteiger partial charge in [0.25, 0.3) is 0 Å². The van der Waals surface area contributed by atoms with Crippen LogP contribution in [0.15, 0.2) is 54.6 Å². The van der Waals surface area contributed by atoms with Crippen molar-refractivity contribution in [2.45, 2.75) is 19.4 Å². The first kappa shape index (κ1) is 16.8. The van der Waals surface area contributed by atoms with Crippen molar-refractivity contribution < 1.29 is 19.4 Å². The number of benzene rings is 2. The van der Waals surface area contributed by atoms with E-state index in [2.05, 4.69) is 6.58 Å². The molecule has 2 aromatic rings. The number of allylic oxidation sites excluding steroid dienone is 2. The molecule has 0 amide bonds. The fourth-order valence-electron chi connectivity index (χ4n) is 2.83. The molecule has 0 saturated carbocycles. The van der Waals surface area contributed by atoms with E-state index >= 15 is 0 Å². The van der Waals surface area contributed by atoms with E-state index in [9.17, 15) is 9.90 Å². The van der Waals surface area contributed by atoms with Crippen molar-refractivity contribution in [3.8, 4) is 17.2 Å². The molecule has 4 nitrogen and oxygen atoms in total. The third kappa shape index (κ3) is 3.43. The number of methoxy groups -OCH3 is 1. The molecule has 1 aliphatic heterocycles. The van der Waals surface area contributed by atoms with Gasteiger partial charge in [-0.2, -0.15) is 0 Å². The number of carbonyl (C=O) groups is 1. The molecule has 0 spiro atoms. The normalized spacial score (nSPS) is 16.4. The van der Waals surface area contributed by atoms with Crippen LogP contribution in [0.2, 0.25) is 0 Å². The summed E-state index contributed by atoms with van der Waals surface area (Å²) in [6.07, 6.45) is 3.57. The smallest absolute Gasteiger partial charge is 0.170 e. The Bertz CT molecular complexity index is 847. The maximum atomic E-state index is 12.6. The second kappa shape index (κ2) is 6.85. The van der Waals surface area contributed by atoms with Gasteiger partial charge in [0.05, 0.1) is 24.7 Å². The molecule has 1 N–H and O–H groups in total. The van der Waals surface area contributed by atoms with Crippen molar-refractivity contribution in [2.24, 2.45) is 0 Å². The van der Waals surface area contributed by atoms with Crippen LogP contribution in [0.3, 0.4) is 0 Å². The molecule has 1 aliphatic rings. The molecule has 2 aromatic carbocycles. The van der Waals surface area contributed by atoms with Gasteiger partial charge < -0.3 is 14.6 Å². The summed E-state index contributed by atoms with van der Waals surface area (Å²) in [6.45, 7) is 5.76. The third-order valence-corrected chi connectivity index (χ3v) is 4.11. The van der Waals surface area contributed by atoms with Gasteiger partial charge in [0.1, 0.15) is 23.4 Å². The first-order chi connectivity index (χ1) is 12.0. The molecular weight excluding hydrogens is 316 g/mol. The highest BCUT2D eigenvalue weighted by Crippen LogP contribution is 2.42. The van der Waals surface area contributed by atoms with E-state index in [4.69, 9.17) is 9.47 Å². The lowest BCUT2D eigenvalue weighted by Crippen LogP contribution is -2.21. The number of carbonyl (C=O) groups excluding carboxylic acids is 1. The fraction of sp³-hybridized carbons (Fsp3) is 0.190. The van der Waals surface area contributed by atoms with Crippen molar-refractivity contribution in [1.82, 2.24) is 0 Å². The Morgan fingerprint density at radius 2 is 2.00 bits per heavy atom. The third-order valence-electron chi connectivity index (χ3n) is 4.11. The average molecular weight is 336 g/mol. The average Bonchev–Trinajstić information content (AvgIpc) is 2.60. The highest BCUT2D eigenvalue weighted by molar-refractivity contribution is 6.01. The fourth-order valence-corrected chi connectivity index (χ4v) is 2.83. The van der Waals surface area contributed by atoms with E-state index in [1.54, 1.807) is 43.5 Å². The lowest BCUT2D eigenvalue weighted by atomic mass is 9.93. The maximum absolute atomic E-state index is 12.6. The van der Waals surface area contributed by atoms with Crippen molar-refractivity contribution in [1.29, 1.82) is 0 Å². The van der Waals surface area contributed by atoms with Crippen LogP contribution in [0.25, 0.3) is 6.08 Å². The molecule has 0 saturated heterocycles. The van der Waals surface area contributed by atoms with Gasteiger partial charge in [-0.05, 0) is 42.8 Å². The molecule has 0 radical (unpaired) electrons. The van der Waals surface area contributed by atoms with Crippen molar-refractivity contribution >= 4 is 11.9 Å². The quantitative estimate of drug-likeness (QED) is 0.823. The number of hydrogen-bond donors (Lipinski definition) is 1. The van der Waals surface area contributed by atoms with Gasteiger partial charge in [0.2, 0.25) is 0 Å². The van der Waals surface area contributed by atoms with Gasteiger partial charge >= 0.3 is 0 Å². The highest BCUT2D eigenvalue weighted by atomic mass is 16.5. The molecule has 128 valence electrons. The molecule has 1 heterocycles. The number of phenolic OH excluding ortho intramolecular Hbond substituents is 1. The minimum absolute atomic E-state index is 0.0203. The van der Waals surface area contributed by atoms with E-state index in [1.165, 1.54) is 0 Å². The summed E-state index contributed by atoms with van der Waals surface area (Å²) in [5.74, 6) is 1.35. The molecule has 0 aromatic heterocycles. The summed E-state index contributed by atoms with van der Waals surface area (Å²) in [4.78, 5) is 12.6. The van der Waals surface area contributed by atoms with E-state index in [-0.39, 0.29) is 18.0 Å². The van der Waals surface area contributed by atoms with Crippen LogP contribution in [0.5, 0.6) is 17.2 Å². The van der Waals surface area contributed by atoms with Gasteiger partial charge in [0.15, 0.2) is 5.78 Å². The molecule has 0 aliphatic carbocycles. The molecule has 1 atom stereocenters. The van der Waals surface area contributed by atoms with Crippen LogP contribution in [-0.4, -0.2) is 18.0 Å². The number of ether oxygens (including phenoxy) is 2. The Kier molecular flexibility index (Phi) is 4.61. The van der Waals surface area contributed by atoms with Crippen LogP contribution >= 0.6 is 0 Å². The molecule has 3 rings (SSSR count). The molecular formula is C21H20O4. The summed E-state index contributed by atoms with van der Waals surface area (Å²) in [7, 11) is 1.59. The summed E-state index contributed by atoms with van der Waals surface area (Å²) in [5.41, 5.74) is 3.00. The summed E-state index contributed by atoms with van der Waals surface area (Å²) in [6, 6.07) is 10.2. The van der Waals surface area contributed by atoms with Crippen LogP contribution in [0.4, 0.5) is 0 Å². The predicted molar refractivity (Wildman–Crippen MR) is 97.3 cm³/mol. The van der Waals surface area contributed by atoms with Gasteiger partial charge in [0, 0.05) is 0 Å². The number of aromatic hydroxyl groups is 1. The Hall–Kier alpha value is -3.01. The Balaban J connectivity index is 2.07. The van der Waals surface area contributed by atoms with Gasteiger partial charge in [-0.15, -0.1) is 0 Å². The number of ketones is 1. The van der Waals surface area contributed by atoms with Crippen molar-refractivity contribution in [3.05, 3.63) is 71.3 Å². The minimum atomic E-state index is -0.398. The lowest BCUT2D eigenvalue weighted by Gasteiger charge is -2.27. The zero-order chi connectivity index (χ0) is 18.0. The predicted octanol–water partition coefficient (Wildman–Crippen LogP) is 4.70. The largest absolute Gasteiger partial charge is 0.508 e. The van der Waals surface area contributed by atoms with Crippen LogP contribution in [0.1, 0.15) is 40.9 Å². The first-order valence-corrected chi connectivity index (χ1v) is 8.03. The van der Waals surface area contributed by atoms with Crippen LogP contribution in [-0.2, 0) is 0 Å². The zero-order valence-electron chi connectivity index (χ0n) is 14.3. The topological polar surface area (TPSA) is 55.8 Å². The lowest BCUT2D eigenvalue weighted by molar-refractivity contribution is 0.0849. The van der Waals surface area contributed by atoms with Crippen LogP contribution < -0.4 is 9.47 Å². The molecule has 25 heavy (non-hydrogen) atoms. The molecule has 1 unspecified atom stereocenters. The van der Waals surface area contributed by atoms with Crippen LogP contribution in [0, 0.1) is 0 Å².